The van der Waals surface area contributed by atoms with E-state index in [0.29, 0.717) is 17.6 Å². The third kappa shape index (κ3) is 3.10. The molecule has 3 heterocycles. The van der Waals surface area contributed by atoms with Gasteiger partial charge in [0.05, 0.1) is 18.2 Å². The molecule has 0 unspecified atom stereocenters. The Balaban J connectivity index is 1.66. The highest BCUT2D eigenvalue weighted by Crippen LogP contribution is 2.24. The van der Waals surface area contributed by atoms with Crippen LogP contribution in [-0.4, -0.2) is 27.2 Å². The van der Waals surface area contributed by atoms with Crippen LogP contribution in [0, 0.1) is 0 Å². The number of aromatic nitrogens is 4. The fraction of sp³-hybridized carbons (Fsp3) is 0.0526. The van der Waals surface area contributed by atoms with Crippen LogP contribution in [0.2, 0.25) is 0 Å². The number of rotatable bonds is 4. The molecule has 0 aliphatic rings. The van der Waals surface area contributed by atoms with Crippen LogP contribution in [0.3, 0.4) is 0 Å². The maximum absolute atomic E-state index is 5.38. The second-order valence-electron chi connectivity index (χ2n) is 5.31. The molecular weight excluding hydrogens is 316 g/mol. The molecule has 0 aliphatic heterocycles. The van der Waals surface area contributed by atoms with Gasteiger partial charge < -0.3 is 9.26 Å². The van der Waals surface area contributed by atoms with Crippen LogP contribution in [-0.2, 0) is 0 Å². The quantitative estimate of drug-likeness (QED) is 0.566. The molecule has 0 saturated heterocycles. The second-order valence-corrected chi connectivity index (χ2v) is 5.31. The van der Waals surface area contributed by atoms with E-state index >= 15 is 0 Å². The van der Waals surface area contributed by atoms with Crippen molar-refractivity contribution < 1.29 is 9.26 Å². The summed E-state index contributed by atoms with van der Waals surface area (Å²) in [6.45, 7) is 0. The first kappa shape index (κ1) is 15.0. The molecule has 6 nitrogen and oxygen atoms in total. The van der Waals surface area contributed by atoms with Gasteiger partial charge in [-0.25, -0.2) is 4.98 Å². The lowest BCUT2D eigenvalue weighted by Crippen LogP contribution is -1.92. The minimum absolute atomic E-state index is 0.427. The molecule has 0 radical (unpaired) electrons. The van der Waals surface area contributed by atoms with Crippen molar-refractivity contribution in [2.75, 3.05) is 7.11 Å². The highest BCUT2D eigenvalue weighted by atomic mass is 16.5. The fourth-order valence-electron chi connectivity index (χ4n) is 2.47. The third-order valence-corrected chi connectivity index (χ3v) is 3.67. The standard InChI is InChI=1S/C19H14N4O2/c1-24-18-14(11-13-5-2-3-7-16(13)21-18)8-9-17-22-19(25-23-17)15-6-4-10-20-12-15/h2-12H,1H3/b9-8+. The molecule has 25 heavy (non-hydrogen) atoms. The zero-order valence-corrected chi connectivity index (χ0v) is 13.5. The zero-order valence-electron chi connectivity index (χ0n) is 13.5. The largest absolute Gasteiger partial charge is 0.481 e. The molecule has 4 aromatic rings. The Morgan fingerprint density at radius 3 is 2.80 bits per heavy atom. The van der Waals surface area contributed by atoms with Crippen molar-refractivity contribution in [1.82, 2.24) is 20.1 Å². The molecule has 3 aromatic heterocycles. The van der Waals surface area contributed by atoms with Crippen LogP contribution in [0.5, 0.6) is 5.88 Å². The summed E-state index contributed by atoms with van der Waals surface area (Å²) in [6, 6.07) is 13.6. The molecule has 0 bridgehead atoms. The monoisotopic (exact) mass is 330 g/mol. The highest BCUT2D eigenvalue weighted by molar-refractivity contribution is 5.84. The van der Waals surface area contributed by atoms with Gasteiger partial charge in [-0.1, -0.05) is 23.4 Å². The van der Waals surface area contributed by atoms with Crippen molar-refractivity contribution in [2.24, 2.45) is 0 Å². The summed E-state index contributed by atoms with van der Waals surface area (Å²) in [6.07, 6.45) is 6.99. The number of nitrogens with zero attached hydrogens (tertiary/aromatic N) is 4. The van der Waals surface area contributed by atoms with Crippen LogP contribution in [0.15, 0.2) is 59.4 Å². The van der Waals surface area contributed by atoms with E-state index in [9.17, 15) is 0 Å². The van der Waals surface area contributed by atoms with E-state index in [2.05, 4.69) is 20.1 Å². The summed E-state index contributed by atoms with van der Waals surface area (Å²) in [5, 5.41) is 5.00. The van der Waals surface area contributed by atoms with E-state index in [0.717, 1.165) is 22.0 Å². The Hall–Kier alpha value is -3.54. The average Bonchev–Trinajstić information content (AvgIpc) is 3.15. The molecule has 0 aliphatic carbocycles. The summed E-state index contributed by atoms with van der Waals surface area (Å²) < 4.78 is 10.6. The summed E-state index contributed by atoms with van der Waals surface area (Å²) >= 11 is 0. The number of hydrogen-bond acceptors (Lipinski definition) is 6. The first-order valence-electron chi connectivity index (χ1n) is 7.69. The Kier molecular flexibility index (Phi) is 3.92. The van der Waals surface area contributed by atoms with Gasteiger partial charge in [-0.2, -0.15) is 4.98 Å². The zero-order chi connectivity index (χ0) is 17.1. The molecule has 0 N–H and O–H groups in total. The first-order valence-corrected chi connectivity index (χ1v) is 7.69. The molecule has 4 rings (SSSR count). The van der Waals surface area contributed by atoms with Crippen molar-refractivity contribution in [3.63, 3.8) is 0 Å². The van der Waals surface area contributed by atoms with Gasteiger partial charge in [0.15, 0.2) is 5.82 Å². The average molecular weight is 330 g/mol. The topological polar surface area (TPSA) is 73.9 Å². The molecule has 0 spiro atoms. The Bertz CT molecular complexity index is 1040. The fourth-order valence-corrected chi connectivity index (χ4v) is 2.47. The van der Waals surface area contributed by atoms with Gasteiger partial charge in [0, 0.05) is 23.3 Å². The van der Waals surface area contributed by atoms with Gasteiger partial charge >= 0.3 is 0 Å². The Morgan fingerprint density at radius 2 is 1.96 bits per heavy atom. The van der Waals surface area contributed by atoms with E-state index in [4.69, 9.17) is 9.26 Å². The van der Waals surface area contributed by atoms with Crippen LogP contribution in [0.4, 0.5) is 0 Å². The maximum atomic E-state index is 5.38. The number of benzene rings is 1. The summed E-state index contributed by atoms with van der Waals surface area (Å²) in [7, 11) is 1.60. The predicted molar refractivity (Wildman–Crippen MR) is 94.8 cm³/mol. The van der Waals surface area contributed by atoms with Crippen molar-refractivity contribution in [3.8, 4) is 17.3 Å². The minimum Gasteiger partial charge on any atom is -0.481 e. The maximum Gasteiger partial charge on any atom is 0.259 e. The minimum atomic E-state index is 0.427. The molecule has 6 heteroatoms. The molecule has 0 fully saturated rings. The molecule has 122 valence electrons. The number of para-hydroxylation sites is 1. The normalized spacial score (nSPS) is 11.2. The molecular formula is C19H14N4O2. The van der Waals surface area contributed by atoms with Gasteiger partial charge in [0.25, 0.3) is 5.89 Å². The van der Waals surface area contributed by atoms with E-state index in [1.54, 1.807) is 25.6 Å². The summed E-state index contributed by atoms with van der Waals surface area (Å²) in [4.78, 5) is 12.9. The van der Waals surface area contributed by atoms with E-state index < -0.39 is 0 Å². The van der Waals surface area contributed by atoms with Crippen molar-refractivity contribution in [3.05, 3.63) is 66.2 Å². The van der Waals surface area contributed by atoms with Crippen molar-refractivity contribution >= 4 is 23.1 Å². The predicted octanol–water partition coefficient (Wildman–Crippen LogP) is 3.86. The van der Waals surface area contributed by atoms with Crippen LogP contribution >= 0.6 is 0 Å². The van der Waals surface area contributed by atoms with E-state index in [1.807, 2.05) is 48.5 Å². The van der Waals surface area contributed by atoms with Gasteiger partial charge in [-0.15, -0.1) is 0 Å². The number of pyridine rings is 2. The Labute approximate surface area is 143 Å². The first-order chi connectivity index (χ1) is 12.3. The second kappa shape index (κ2) is 6.52. The van der Waals surface area contributed by atoms with Gasteiger partial charge in [-0.05, 0) is 36.4 Å². The Morgan fingerprint density at radius 1 is 1.04 bits per heavy atom. The summed E-state index contributed by atoms with van der Waals surface area (Å²) in [5.74, 6) is 1.44. The van der Waals surface area contributed by atoms with Crippen LogP contribution in [0.25, 0.3) is 34.5 Å². The van der Waals surface area contributed by atoms with Gasteiger partial charge in [0.2, 0.25) is 5.88 Å². The summed E-state index contributed by atoms with van der Waals surface area (Å²) in [5.41, 5.74) is 2.50. The smallest absolute Gasteiger partial charge is 0.259 e. The number of methoxy groups -OCH3 is 1. The van der Waals surface area contributed by atoms with Gasteiger partial charge in [0.1, 0.15) is 0 Å². The number of ether oxygens (including phenoxy) is 1. The lowest BCUT2D eigenvalue weighted by atomic mass is 10.1. The SMILES string of the molecule is COc1nc2ccccc2cc1/C=C/c1noc(-c2cccnc2)n1. The van der Waals surface area contributed by atoms with Crippen molar-refractivity contribution in [1.29, 1.82) is 0 Å². The van der Waals surface area contributed by atoms with Crippen molar-refractivity contribution in [2.45, 2.75) is 0 Å². The van der Waals surface area contributed by atoms with Gasteiger partial charge in [-0.3, -0.25) is 4.98 Å². The lowest BCUT2D eigenvalue weighted by molar-refractivity contribution is 0.398. The van der Waals surface area contributed by atoms with Crippen LogP contribution in [0.1, 0.15) is 11.4 Å². The van der Waals surface area contributed by atoms with E-state index in [-0.39, 0.29) is 0 Å². The molecule has 0 atom stereocenters. The van der Waals surface area contributed by atoms with E-state index in [1.165, 1.54) is 0 Å². The molecule has 0 saturated carbocycles. The molecule has 0 amide bonds. The molecule has 1 aromatic carbocycles. The number of hydrogen-bond donors (Lipinski definition) is 0. The lowest BCUT2D eigenvalue weighted by Gasteiger charge is -2.05. The highest BCUT2D eigenvalue weighted by Gasteiger charge is 2.08. The number of fused-ring (bicyclic) bond motifs is 1. The third-order valence-electron chi connectivity index (χ3n) is 3.67. The van der Waals surface area contributed by atoms with Crippen LogP contribution < -0.4 is 4.74 Å².